The molecule has 0 saturated carbocycles. The van der Waals surface area contributed by atoms with E-state index >= 15 is 0 Å². The largest absolute Gasteiger partial charge is 0.481 e. The number of nitrogens with one attached hydrogen (secondary N) is 1. The number of likely N-dealkylation sites (tertiary alicyclic amines) is 1. The Balaban J connectivity index is 1.72. The minimum absolute atomic E-state index is 0.159. The van der Waals surface area contributed by atoms with E-state index in [4.69, 9.17) is 5.11 Å². The second-order valence-electron chi connectivity index (χ2n) is 6.39. The zero-order chi connectivity index (χ0) is 18.5. The van der Waals surface area contributed by atoms with E-state index in [-0.39, 0.29) is 17.8 Å². The molecule has 0 radical (unpaired) electrons. The Hall–Kier alpha value is -3.09. The van der Waals surface area contributed by atoms with Crippen LogP contribution in [0.15, 0.2) is 53.5 Å². The Kier molecular flexibility index (Phi) is 5.36. The molecule has 26 heavy (non-hydrogen) atoms. The molecule has 136 valence electrons. The molecule has 0 bridgehead atoms. The third kappa shape index (κ3) is 4.11. The number of carboxylic acid groups (broad SMARTS) is 1. The lowest BCUT2D eigenvalue weighted by Crippen LogP contribution is -2.45. The van der Waals surface area contributed by atoms with Crippen molar-refractivity contribution >= 4 is 17.7 Å². The minimum Gasteiger partial charge on any atom is -0.481 e. The number of urea groups is 1. The van der Waals surface area contributed by atoms with Crippen LogP contribution in [-0.2, 0) is 11.3 Å². The SMILES string of the molecule is O=C(O)C1CCCN(C(=O)Nc2cccn(Cc3ccccc3)c2=O)C1. The molecule has 3 rings (SSSR count). The highest BCUT2D eigenvalue weighted by molar-refractivity contribution is 5.89. The Morgan fingerprint density at radius 1 is 1.15 bits per heavy atom. The highest BCUT2D eigenvalue weighted by Gasteiger charge is 2.28. The van der Waals surface area contributed by atoms with Crippen LogP contribution in [0, 0.1) is 5.92 Å². The number of hydrogen-bond donors (Lipinski definition) is 2. The van der Waals surface area contributed by atoms with Gasteiger partial charge in [0.2, 0.25) is 0 Å². The molecule has 1 unspecified atom stereocenters. The molecule has 1 aliphatic heterocycles. The van der Waals surface area contributed by atoms with Gasteiger partial charge in [0.15, 0.2) is 0 Å². The van der Waals surface area contributed by atoms with Crippen LogP contribution in [0.3, 0.4) is 0 Å². The molecular formula is C19H21N3O4. The van der Waals surface area contributed by atoms with Gasteiger partial charge in [-0.1, -0.05) is 30.3 Å². The number of carboxylic acids is 1. The van der Waals surface area contributed by atoms with Crippen molar-refractivity contribution in [1.29, 1.82) is 0 Å². The van der Waals surface area contributed by atoms with E-state index in [0.29, 0.717) is 25.9 Å². The van der Waals surface area contributed by atoms with Crippen molar-refractivity contribution in [3.63, 3.8) is 0 Å². The van der Waals surface area contributed by atoms with Crippen molar-refractivity contribution in [2.45, 2.75) is 19.4 Å². The molecule has 0 spiro atoms. The van der Waals surface area contributed by atoms with Gasteiger partial charge >= 0.3 is 12.0 Å². The number of anilines is 1. The molecule has 0 aliphatic carbocycles. The Labute approximate surface area is 150 Å². The first-order valence-corrected chi connectivity index (χ1v) is 8.56. The summed E-state index contributed by atoms with van der Waals surface area (Å²) in [5.41, 5.74) is 0.876. The van der Waals surface area contributed by atoms with Gasteiger partial charge in [-0.25, -0.2) is 4.79 Å². The first-order valence-electron chi connectivity index (χ1n) is 8.56. The Morgan fingerprint density at radius 2 is 1.92 bits per heavy atom. The average Bonchev–Trinajstić information content (AvgIpc) is 2.66. The van der Waals surface area contributed by atoms with Crippen molar-refractivity contribution in [2.24, 2.45) is 5.92 Å². The van der Waals surface area contributed by atoms with Crippen LogP contribution in [0.4, 0.5) is 10.5 Å². The minimum atomic E-state index is -0.896. The summed E-state index contributed by atoms with van der Waals surface area (Å²) in [5.74, 6) is -1.45. The zero-order valence-electron chi connectivity index (χ0n) is 14.3. The van der Waals surface area contributed by atoms with Crippen molar-refractivity contribution in [1.82, 2.24) is 9.47 Å². The highest BCUT2D eigenvalue weighted by Crippen LogP contribution is 2.17. The van der Waals surface area contributed by atoms with E-state index in [1.165, 1.54) is 9.47 Å². The number of aromatic nitrogens is 1. The van der Waals surface area contributed by atoms with Crippen molar-refractivity contribution in [2.75, 3.05) is 18.4 Å². The maximum atomic E-state index is 12.6. The predicted octanol–water partition coefficient (Wildman–Crippen LogP) is 2.23. The summed E-state index contributed by atoms with van der Waals surface area (Å²) < 4.78 is 1.53. The molecule has 1 fully saturated rings. The Bertz CT molecular complexity index is 847. The molecule has 7 nitrogen and oxygen atoms in total. The molecule has 1 aromatic carbocycles. The van der Waals surface area contributed by atoms with Crippen LogP contribution in [0.5, 0.6) is 0 Å². The summed E-state index contributed by atoms with van der Waals surface area (Å²) in [5, 5.41) is 11.8. The number of aliphatic carboxylic acids is 1. The van der Waals surface area contributed by atoms with Crippen LogP contribution in [0.25, 0.3) is 0 Å². The number of benzene rings is 1. The molecule has 2 aromatic rings. The van der Waals surface area contributed by atoms with Crippen LogP contribution in [-0.4, -0.2) is 39.7 Å². The molecule has 2 heterocycles. The van der Waals surface area contributed by atoms with Crippen molar-refractivity contribution < 1.29 is 14.7 Å². The smallest absolute Gasteiger partial charge is 0.322 e. The highest BCUT2D eigenvalue weighted by atomic mass is 16.4. The van der Waals surface area contributed by atoms with Gasteiger partial charge in [-0.15, -0.1) is 0 Å². The van der Waals surface area contributed by atoms with Crippen LogP contribution >= 0.6 is 0 Å². The molecule has 1 atom stereocenters. The van der Waals surface area contributed by atoms with Crippen LogP contribution in [0.2, 0.25) is 0 Å². The topological polar surface area (TPSA) is 91.6 Å². The molecule has 1 aromatic heterocycles. The second kappa shape index (κ2) is 7.86. The number of rotatable bonds is 4. The van der Waals surface area contributed by atoms with E-state index in [2.05, 4.69) is 5.32 Å². The summed E-state index contributed by atoms with van der Waals surface area (Å²) in [6.07, 6.45) is 2.87. The second-order valence-corrected chi connectivity index (χ2v) is 6.39. The third-order valence-corrected chi connectivity index (χ3v) is 4.52. The quantitative estimate of drug-likeness (QED) is 0.880. The number of carbonyl (C=O) groups excluding carboxylic acids is 1. The summed E-state index contributed by atoms with van der Waals surface area (Å²) in [7, 11) is 0. The van der Waals surface area contributed by atoms with E-state index < -0.39 is 17.9 Å². The number of amides is 2. The fraction of sp³-hybridized carbons (Fsp3) is 0.316. The number of carbonyl (C=O) groups is 2. The lowest BCUT2D eigenvalue weighted by molar-refractivity contribution is -0.143. The first-order chi connectivity index (χ1) is 12.5. The van der Waals surface area contributed by atoms with Gasteiger partial charge in [-0.2, -0.15) is 0 Å². The number of hydrogen-bond acceptors (Lipinski definition) is 3. The number of piperidine rings is 1. The van der Waals surface area contributed by atoms with Gasteiger partial charge in [0.1, 0.15) is 5.69 Å². The van der Waals surface area contributed by atoms with Crippen molar-refractivity contribution in [3.05, 3.63) is 64.6 Å². The monoisotopic (exact) mass is 355 g/mol. The standard InChI is InChI=1S/C19H21N3O4/c23-17-16(9-5-10-21(17)12-14-6-2-1-3-7-14)20-19(26)22-11-4-8-15(13-22)18(24)25/h1-3,5-7,9-10,15H,4,8,11-13H2,(H,20,26)(H,24,25). The third-order valence-electron chi connectivity index (χ3n) is 4.52. The van der Waals surface area contributed by atoms with E-state index in [9.17, 15) is 14.4 Å². The van der Waals surface area contributed by atoms with Gasteiger partial charge in [0.25, 0.3) is 5.56 Å². The van der Waals surface area contributed by atoms with Gasteiger partial charge in [-0.3, -0.25) is 9.59 Å². The molecule has 7 heteroatoms. The molecule has 1 aliphatic rings. The van der Waals surface area contributed by atoms with Crippen LogP contribution in [0.1, 0.15) is 18.4 Å². The van der Waals surface area contributed by atoms with Gasteiger partial charge in [0.05, 0.1) is 12.5 Å². The number of pyridine rings is 1. The lowest BCUT2D eigenvalue weighted by atomic mass is 9.99. The van der Waals surface area contributed by atoms with Crippen LogP contribution < -0.4 is 10.9 Å². The maximum Gasteiger partial charge on any atom is 0.322 e. The first kappa shape index (κ1) is 17.7. The normalized spacial score (nSPS) is 16.9. The summed E-state index contributed by atoms with van der Waals surface area (Å²) in [6.45, 7) is 1.06. The zero-order valence-corrected chi connectivity index (χ0v) is 14.3. The lowest BCUT2D eigenvalue weighted by Gasteiger charge is -2.30. The Morgan fingerprint density at radius 3 is 2.65 bits per heavy atom. The maximum absolute atomic E-state index is 12.6. The summed E-state index contributed by atoms with van der Waals surface area (Å²) in [4.78, 5) is 37.6. The van der Waals surface area contributed by atoms with Crippen molar-refractivity contribution in [3.8, 4) is 0 Å². The summed E-state index contributed by atoms with van der Waals surface area (Å²) >= 11 is 0. The molecule has 2 amide bonds. The van der Waals surface area contributed by atoms with E-state index in [0.717, 1.165) is 5.56 Å². The van der Waals surface area contributed by atoms with E-state index in [1.54, 1.807) is 18.3 Å². The van der Waals surface area contributed by atoms with Gasteiger partial charge < -0.3 is 19.9 Å². The molecule has 2 N–H and O–H groups in total. The fourth-order valence-electron chi connectivity index (χ4n) is 3.09. The fourth-order valence-corrected chi connectivity index (χ4v) is 3.09. The average molecular weight is 355 g/mol. The summed E-state index contributed by atoms with van der Waals surface area (Å²) in [6, 6.07) is 12.4. The van der Waals surface area contributed by atoms with E-state index in [1.807, 2.05) is 30.3 Å². The molecule has 1 saturated heterocycles. The van der Waals surface area contributed by atoms with Gasteiger partial charge in [0, 0.05) is 19.3 Å². The van der Waals surface area contributed by atoms with Gasteiger partial charge in [-0.05, 0) is 30.5 Å². The predicted molar refractivity (Wildman–Crippen MR) is 97.2 cm³/mol. The molecular weight excluding hydrogens is 334 g/mol. The number of nitrogens with zero attached hydrogens (tertiary/aromatic N) is 2.